The lowest BCUT2D eigenvalue weighted by Crippen LogP contribution is -2.08. The van der Waals surface area contributed by atoms with E-state index >= 15 is 0 Å². The van der Waals surface area contributed by atoms with Gasteiger partial charge in [-0.15, -0.1) is 0 Å². The van der Waals surface area contributed by atoms with Crippen LogP contribution < -0.4 is 0 Å². The summed E-state index contributed by atoms with van der Waals surface area (Å²) in [6, 6.07) is 3.29. The van der Waals surface area contributed by atoms with Crippen LogP contribution in [-0.2, 0) is 20.7 Å². The molecular formula is C14H18O5. The van der Waals surface area contributed by atoms with Crippen molar-refractivity contribution in [2.45, 2.75) is 39.5 Å². The first-order valence-corrected chi connectivity index (χ1v) is 6.30. The van der Waals surface area contributed by atoms with Crippen LogP contribution in [0.3, 0.4) is 0 Å². The number of carbonyl (C=O) groups excluding carboxylic acids is 3. The fourth-order valence-corrected chi connectivity index (χ4v) is 1.56. The molecule has 0 saturated heterocycles. The molecule has 0 radical (unpaired) electrons. The van der Waals surface area contributed by atoms with Gasteiger partial charge in [0.05, 0.1) is 13.0 Å². The number of rotatable bonds is 8. The van der Waals surface area contributed by atoms with Crippen LogP contribution in [0.25, 0.3) is 0 Å². The van der Waals surface area contributed by atoms with E-state index in [1.165, 1.54) is 6.92 Å². The van der Waals surface area contributed by atoms with Gasteiger partial charge in [0.2, 0.25) is 0 Å². The Morgan fingerprint density at radius 1 is 1.16 bits per heavy atom. The largest absolute Gasteiger partial charge is 0.466 e. The summed E-state index contributed by atoms with van der Waals surface area (Å²) >= 11 is 0. The molecule has 1 aromatic heterocycles. The molecule has 0 aliphatic rings. The molecule has 0 bridgehead atoms. The Balaban J connectivity index is 2.29. The minimum absolute atomic E-state index is 0.0196. The summed E-state index contributed by atoms with van der Waals surface area (Å²) in [4.78, 5) is 33.6. The molecule has 5 heteroatoms. The van der Waals surface area contributed by atoms with Crippen molar-refractivity contribution in [1.82, 2.24) is 0 Å². The van der Waals surface area contributed by atoms with E-state index < -0.39 is 0 Å². The predicted molar refractivity (Wildman–Crippen MR) is 67.9 cm³/mol. The summed E-state index contributed by atoms with van der Waals surface area (Å²) in [6.07, 6.45) is 1.03. The third kappa shape index (κ3) is 5.50. The Kier molecular flexibility index (Phi) is 5.99. The Morgan fingerprint density at radius 2 is 1.89 bits per heavy atom. The number of ether oxygens (including phenoxy) is 1. The second-order valence-electron chi connectivity index (χ2n) is 4.17. The maximum Gasteiger partial charge on any atom is 0.306 e. The first-order valence-electron chi connectivity index (χ1n) is 6.30. The standard InChI is InChI=1S/C14H18O5/c1-3-18-14(17)9-5-11(16)4-6-12-7-8-13(19-12)10(2)15/h7-8H,3-6,9H2,1-2H3. The third-order valence-corrected chi connectivity index (χ3v) is 2.57. The van der Waals surface area contributed by atoms with Crippen molar-refractivity contribution >= 4 is 17.5 Å². The van der Waals surface area contributed by atoms with Crippen LogP contribution >= 0.6 is 0 Å². The zero-order valence-electron chi connectivity index (χ0n) is 11.2. The molecule has 0 spiro atoms. The number of ketones is 2. The van der Waals surface area contributed by atoms with Crippen molar-refractivity contribution < 1.29 is 23.5 Å². The van der Waals surface area contributed by atoms with Gasteiger partial charge in [0.1, 0.15) is 11.5 Å². The van der Waals surface area contributed by atoms with Gasteiger partial charge in [-0.2, -0.15) is 0 Å². The van der Waals surface area contributed by atoms with Gasteiger partial charge < -0.3 is 9.15 Å². The first-order chi connectivity index (χ1) is 9.02. The summed E-state index contributed by atoms with van der Waals surface area (Å²) in [5.41, 5.74) is 0. The first kappa shape index (κ1) is 15.1. The number of furan rings is 1. The molecule has 0 amide bonds. The van der Waals surface area contributed by atoms with Crippen molar-refractivity contribution in [1.29, 1.82) is 0 Å². The molecule has 19 heavy (non-hydrogen) atoms. The van der Waals surface area contributed by atoms with Crippen LogP contribution in [-0.4, -0.2) is 24.1 Å². The summed E-state index contributed by atoms with van der Waals surface area (Å²) in [5.74, 6) is 0.394. The summed E-state index contributed by atoms with van der Waals surface area (Å²) in [5, 5.41) is 0. The number of carbonyl (C=O) groups is 3. The molecule has 1 heterocycles. The van der Waals surface area contributed by atoms with E-state index in [-0.39, 0.29) is 30.4 Å². The smallest absolute Gasteiger partial charge is 0.306 e. The van der Waals surface area contributed by atoms with Crippen LogP contribution in [0.1, 0.15) is 49.4 Å². The molecule has 0 aliphatic carbocycles. The van der Waals surface area contributed by atoms with Gasteiger partial charge in [-0.25, -0.2) is 0 Å². The lowest BCUT2D eigenvalue weighted by molar-refractivity contribution is -0.144. The van der Waals surface area contributed by atoms with Crippen LogP contribution in [0.5, 0.6) is 0 Å². The molecule has 0 unspecified atom stereocenters. The zero-order valence-corrected chi connectivity index (χ0v) is 11.2. The highest BCUT2D eigenvalue weighted by Gasteiger charge is 2.10. The number of aryl methyl sites for hydroxylation is 1. The van der Waals surface area contributed by atoms with E-state index in [1.54, 1.807) is 19.1 Å². The number of hydrogen-bond acceptors (Lipinski definition) is 5. The molecule has 1 rings (SSSR count). The summed E-state index contributed by atoms with van der Waals surface area (Å²) in [7, 11) is 0. The predicted octanol–water partition coefficient (Wildman–Crippen LogP) is 2.33. The molecular weight excluding hydrogens is 248 g/mol. The lowest BCUT2D eigenvalue weighted by Gasteiger charge is -2.01. The van der Waals surface area contributed by atoms with Crippen LogP contribution in [0.15, 0.2) is 16.5 Å². The van der Waals surface area contributed by atoms with Gasteiger partial charge in [-0.1, -0.05) is 0 Å². The monoisotopic (exact) mass is 266 g/mol. The molecule has 0 fully saturated rings. The van der Waals surface area contributed by atoms with Gasteiger partial charge >= 0.3 is 5.97 Å². The normalized spacial score (nSPS) is 10.2. The minimum atomic E-state index is -0.354. The molecule has 1 aromatic rings. The second-order valence-corrected chi connectivity index (χ2v) is 4.17. The van der Waals surface area contributed by atoms with E-state index in [4.69, 9.17) is 9.15 Å². The fraction of sp³-hybridized carbons (Fsp3) is 0.500. The van der Waals surface area contributed by atoms with Gasteiger partial charge in [-0.3, -0.25) is 14.4 Å². The molecule has 0 aliphatic heterocycles. The zero-order chi connectivity index (χ0) is 14.3. The van der Waals surface area contributed by atoms with E-state index in [1.807, 2.05) is 0 Å². The highest BCUT2D eigenvalue weighted by Crippen LogP contribution is 2.11. The molecule has 0 aromatic carbocycles. The summed E-state index contributed by atoms with van der Waals surface area (Å²) < 4.78 is 10.0. The van der Waals surface area contributed by atoms with Crippen LogP contribution in [0, 0.1) is 0 Å². The third-order valence-electron chi connectivity index (χ3n) is 2.57. The Hall–Kier alpha value is -1.91. The van der Waals surface area contributed by atoms with Crippen molar-refractivity contribution in [3.05, 3.63) is 23.7 Å². The Morgan fingerprint density at radius 3 is 2.47 bits per heavy atom. The van der Waals surface area contributed by atoms with Crippen molar-refractivity contribution in [2.75, 3.05) is 6.61 Å². The second kappa shape index (κ2) is 7.51. The van der Waals surface area contributed by atoms with Crippen LogP contribution in [0.2, 0.25) is 0 Å². The Labute approximate surface area is 111 Å². The van der Waals surface area contributed by atoms with Crippen molar-refractivity contribution in [3.63, 3.8) is 0 Å². The average Bonchev–Trinajstić information content (AvgIpc) is 2.83. The quantitative estimate of drug-likeness (QED) is 0.533. The van der Waals surface area contributed by atoms with Gasteiger partial charge in [0.15, 0.2) is 11.5 Å². The highest BCUT2D eigenvalue weighted by molar-refractivity contribution is 5.91. The van der Waals surface area contributed by atoms with Gasteiger partial charge in [0.25, 0.3) is 0 Å². The SMILES string of the molecule is CCOC(=O)CCC(=O)CCc1ccc(C(C)=O)o1. The number of esters is 1. The number of Topliss-reactive ketones (excluding diaryl/α,β-unsaturated/α-hetero) is 2. The number of hydrogen-bond donors (Lipinski definition) is 0. The maximum atomic E-state index is 11.5. The topological polar surface area (TPSA) is 73.6 Å². The average molecular weight is 266 g/mol. The molecule has 0 atom stereocenters. The van der Waals surface area contributed by atoms with Crippen molar-refractivity contribution in [2.24, 2.45) is 0 Å². The summed E-state index contributed by atoms with van der Waals surface area (Å²) in [6.45, 7) is 3.48. The molecule has 104 valence electrons. The van der Waals surface area contributed by atoms with E-state index in [2.05, 4.69) is 0 Å². The highest BCUT2D eigenvalue weighted by atomic mass is 16.5. The van der Waals surface area contributed by atoms with Crippen molar-refractivity contribution in [3.8, 4) is 0 Å². The lowest BCUT2D eigenvalue weighted by atomic mass is 10.1. The van der Waals surface area contributed by atoms with Crippen LogP contribution in [0.4, 0.5) is 0 Å². The fourth-order valence-electron chi connectivity index (χ4n) is 1.56. The maximum absolute atomic E-state index is 11.5. The van der Waals surface area contributed by atoms with Gasteiger partial charge in [-0.05, 0) is 19.1 Å². The van der Waals surface area contributed by atoms with Gasteiger partial charge in [0, 0.05) is 26.2 Å². The minimum Gasteiger partial charge on any atom is -0.466 e. The molecule has 0 N–H and O–H groups in total. The molecule has 5 nitrogen and oxygen atoms in total. The Bertz CT molecular complexity index is 458. The van der Waals surface area contributed by atoms with E-state index in [0.29, 0.717) is 31.0 Å². The van der Waals surface area contributed by atoms with E-state index in [9.17, 15) is 14.4 Å². The van der Waals surface area contributed by atoms with E-state index in [0.717, 1.165) is 0 Å². The molecule has 0 saturated carbocycles.